The summed E-state index contributed by atoms with van der Waals surface area (Å²) in [4.78, 5) is 0. The van der Waals surface area contributed by atoms with Crippen molar-refractivity contribution in [3.8, 4) is 0 Å². The molecule has 9 heteroatoms. The quantitative estimate of drug-likeness (QED) is 0.438. The SMILES string of the molecule is CO[Si](C)CC[Si](C)(C)O[Si](C)(C)O[Si](C)CC[Si](C)(C)OC. The van der Waals surface area contributed by atoms with Crippen molar-refractivity contribution in [1.29, 1.82) is 0 Å². The molecule has 0 bridgehead atoms. The molecule has 0 rings (SSSR count). The molecule has 0 spiro atoms. The zero-order valence-corrected chi connectivity index (χ0v) is 22.0. The van der Waals surface area contributed by atoms with E-state index in [1.54, 1.807) is 0 Å². The molecule has 0 heterocycles. The lowest BCUT2D eigenvalue weighted by Crippen LogP contribution is -2.49. The Labute approximate surface area is 151 Å². The summed E-state index contributed by atoms with van der Waals surface area (Å²) in [6.45, 7) is 18.1. The molecule has 0 atom stereocenters. The second kappa shape index (κ2) is 10.2. The number of hydrogen-bond acceptors (Lipinski definition) is 4. The highest BCUT2D eigenvalue weighted by Gasteiger charge is 2.36. The van der Waals surface area contributed by atoms with E-state index in [1.807, 2.05) is 14.2 Å². The number of hydrogen-bond donors (Lipinski definition) is 0. The van der Waals surface area contributed by atoms with Gasteiger partial charge in [0.2, 0.25) is 9.04 Å². The molecule has 0 saturated heterocycles. The molecular weight excluding hydrogens is 373 g/mol. The minimum atomic E-state index is -2.04. The Balaban J connectivity index is 4.39. The monoisotopic (exact) mass is 410 g/mol. The van der Waals surface area contributed by atoms with Crippen LogP contribution in [-0.4, -0.2) is 57.5 Å². The molecule has 0 fully saturated rings. The Bertz CT molecular complexity index is 339. The largest absolute Gasteiger partial charge is 0.437 e. The molecule has 4 nitrogen and oxygen atoms in total. The third kappa shape index (κ3) is 12.0. The average Bonchev–Trinajstić information content (AvgIpc) is 2.41. The van der Waals surface area contributed by atoms with Crippen molar-refractivity contribution in [2.75, 3.05) is 14.2 Å². The van der Waals surface area contributed by atoms with Crippen LogP contribution in [0.2, 0.25) is 76.6 Å². The van der Waals surface area contributed by atoms with E-state index >= 15 is 0 Å². The number of rotatable bonds is 12. The smallest absolute Gasteiger partial charge is 0.311 e. The van der Waals surface area contributed by atoms with E-state index in [9.17, 15) is 0 Å². The summed E-state index contributed by atoms with van der Waals surface area (Å²) in [6.07, 6.45) is 0. The summed E-state index contributed by atoms with van der Waals surface area (Å²) in [5, 5.41) is 0. The van der Waals surface area contributed by atoms with E-state index in [0.29, 0.717) is 0 Å². The molecule has 138 valence electrons. The lowest BCUT2D eigenvalue weighted by atomic mass is 10.9. The van der Waals surface area contributed by atoms with Crippen LogP contribution in [0, 0.1) is 0 Å². The maximum atomic E-state index is 6.57. The van der Waals surface area contributed by atoms with Gasteiger partial charge >= 0.3 is 8.56 Å². The van der Waals surface area contributed by atoms with Crippen LogP contribution >= 0.6 is 0 Å². The third-order valence-corrected chi connectivity index (χ3v) is 19.2. The first kappa shape index (κ1) is 23.9. The summed E-state index contributed by atoms with van der Waals surface area (Å²) < 4.78 is 24.1. The minimum absolute atomic E-state index is 0.640. The zero-order valence-electron chi connectivity index (χ0n) is 17.0. The fourth-order valence-corrected chi connectivity index (χ4v) is 20.4. The van der Waals surface area contributed by atoms with Crippen LogP contribution in [0.15, 0.2) is 0 Å². The summed E-state index contributed by atoms with van der Waals surface area (Å²) in [5.74, 6) is 0. The van der Waals surface area contributed by atoms with Crippen molar-refractivity contribution in [3.63, 3.8) is 0 Å². The molecule has 23 heavy (non-hydrogen) atoms. The molecule has 0 aromatic carbocycles. The Morgan fingerprint density at radius 2 is 1.22 bits per heavy atom. The first-order chi connectivity index (χ1) is 10.3. The highest BCUT2D eigenvalue weighted by molar-refractivity contribution is 6.85. The summed E-state index contributed by atoms with van der Waals surface area (Å²) in [5.41, 5.74) is 0. The van der Waals surface area contributed by atoms with Gasteiger partial charge in [-0.3, -0.25) is 0 Å². The molecule has 0 unspecified atom stereocenters. The molecule has 2 radical (unpaired) electrons. The van der Waals surface area contributed by atoms with Crippen LogP contribution in [0.3, 0.4) is 0 Å². The predicted molar refractivity (Wildman–Crippen MR) is 111 cm³/mol. The van der Waals surface area contributed by atoms with Crippen LogP contribution in [0.4, 0.5) is 0 Å². The van der Waals surface area contributed by atoms with Crippen molar-refractivity contribution in [3.05, 3.63) is 0 Å². The fourth-order valence-electron chi connectivity index (χ4n) is 2.37. The van der Waals surface area contributed by atoms with Gasteiger partial charge in [0.05, 0.1) is 0 Å². The molecular formula is C14H38O4Si5. The van der Waals surface area contributed by atoms with Gasteiger partial charge in [0, 0.05) is 14.2 Å². The molecule has 0 aliphatic heterocycles. The summed E-state index contributed by atoms with van der Waals surface area (Å²) in [7, 11) is -2.96. The van der Waals surface area contributed by atoms with Crippen molar-refractivity contribution in [2.24, 2.45) is 0 Å². The first-order valence-corrected chi connectivity index (χ1v) is 21.7. The molecule has 0 amide bonds. The Morgan fingerprint density at radius 1 is 0.739 bits per heavy atom. The van der Waals surface area contributed by atoms with Crippen LogP contribution in [0.5, 0.6) is 0 Å². The Hall–Kier alpha value is 0.924. The second-order valence-electron chi connectivity index (χ2n) is 7.94. The topological polar surface area (TPSA) is 36.9 Å². The maximum Gasteiger partial charge on any atom is 0.311 e. The molecule has 0 N–H and O–H groups in total. The van der Waals surface area contributed by atoms with Crippen molar-refractivity contribution in [1.82, 2.24) is 0 Å². The lowest BCUT2D eigenvalue weighted by molar-refractivity contribution is 0.392. The van der Waals surface area contributed by atoms with E-state index < -0.39 is 43.3 Å². The first-order valence-electron chi connectivity index (χ1n) is 8.46. The molecule has 0 aliphatic rings. The van der Waals surface area contributed by atoms with Crippen molar-refractivity contribution >= 4 is 43.3 Å². The maximum absolute atomic E-state index is 6.57. The van der Waals surface area contributed by atoms with Crippen LogP contribution < -0.4 is 0 Å². The predicted octanol–water partition coefficient (Wildman–Crippen LogP) is 4.67. The normalized spacial score (nSPS) is 14.1. The van der Waals surface area contributed by atoms with E-state index in [-0.39, 0.29) is 0 Å². The Morgan fingerprint density at radius 3 is 1.70 bits per heavy atom. The molecule has 0 aliphatic carbocycles. The van der Waals surface area contributed by atoms with E-state index in [2.05, 4.69) is 52.4 Å². The molecule has 0 saturated carbocycles. The highest BCUT2D eigenvalue weighted by atomic mass is 28.5. The summed E-state index contributed by atoms with van der Waals surface area (Å²) >= 11 is 0. The van der Waals surface area contributed by atoms with Gasteiger partial charge in [0.15, 0.2) is 25.7 Å². The van der Waals surface area contributed by atoms with Crippen LogP contribution in [0.1, 0.15) is 0 Å². The minimum Gasteiger partial charge on any atom is -0.437 e. The van der Waals surface area contributed by atoms with Gasteiger partial charge in [-0.05, 0) is 76.6 Å². The average molecular weight is 411 g/mol. The standard InChI is InChI=1S/C14H38O4Si5/c1-15-19(3)11-14-22(7,8)18-23(9,10)17-20(4)12-13-21(5,6)16-2/h11-14H2,1-10H3. The fraction of sp³-hybridized carbons (Fsp3) is 1.00. The van der Waals surface area contributed by atoms with Crippen molar-refractivity contribution in [2.45, 2.75) is 76.6 Å². The van der Waals surface area contributed by atoms with Crippen LogP contribution in [0.25, 0.3) is 0 Å². The van der Waals surface area contributed by atoms with E-state index in [4.69, 9.17) is 17.1 Å². The van der Waals surface area contributed by atoms with Gasteiger partial charge in [-0.15, -0.1) is 0 Å². The van der Waals surface area contributed by atoms with Gasteiger partial charge in [0.1, 0.15) is 0 Å². The van der Waals surface area contributed by atoms with Gasteiger partial charge in [-0.25, -0.2) is 0 Å². The van der Waals surface area contributed by atoms with Gasteiger partial charge in [0.25, 0.3) is 0 Å². The second-order valence-corrected chi connectivity index (χ2v) is 25.0. The molecule has 0 aromatic heterocycles. The van der Waals surface area contributed by atoms with Gasteiger partial charge < -0.3 is 17.1 Å². The molecule has 0 aromatic rings. The zero-order chi connectivity index (χ0) is 18.3. The van der Waals surface area contributed by atoms with Crippen LogP contribution in [-0.2, 0) is 17.1 Å². The lowest BCUT2D eigenvalue weighted by Gasteiger charge is -2.35. The van der Waals surface area contributed by atoms with Gasteiger partial charge in [-0.2, -0.15) is 0 Å². The van der Waals surface area contributed by atoms with E-state index in [1.165, 1.54) is 18.1 Å². The Kier molecular flexibility index (Phi) is 10.6. The van der Waals surface area contributed by atoms with Gasteiger partial charge in [-0.1, -0.05) is 0 Å². The summed E-state index contributed by atoms with van der Waals surface area (Å²) in [6, 6.07) is 4.67. The van der Waals surface area contributed by atoms with Crippen molar-refractivity contribution < 1.29 is 17.1 Å². The van der Waals surface area contributed by atoms with E-state index in [0.717, 1.165) is 6.04 Å². The third-order valence-electron chi connectivity index (χ3n) is 4.00. The highest BCUT2D eigenvalue weighted by Crippen LogP contribution is 2.24.